The molecule has 0 saturated carbocycles. The summed E-state index contributed by atoms with van der Waals surface area (Å²) in [7, 11) is -4.49. The molecule has 0 spiro atoms. The van der Waals surface area contributed by atoms with E-state index >= 15 is 0 Å². The minimum absolute atomic E-state index is 0.280. The Morgan fingerprint density at radius 3 is 2.38 bits per heavy atom. The van der Waals surface area contributed by atoms with E-state index in [4.69, 9.17) is 0 Å². The summed E-state index contributed by atoms with van der Waals surface area (Å²) in [4.78, 5) is 0.221. The minimum Gasteiger partial charge on any atom is -0.744 e. The van der Waals surface area contributed by atoms with E-state index in [1.165, 1.54) is 19.1 Å². The van der Waals surface area contributed by atoms with E-state index in [2.05, 4.69) is 9.37 Å². The van der Waals surface area contributed by atoms with Crippen LogP contribution in [0.2, 0.25) is 0 Å². The molecule has 0 aliphatic heterocycles. The van der Waals surface area contributed by atoms with Gasteiger partial charge in [-0.15, -0.1) is 0 Å². The van der Waals surface area contributed by atoms with Gasteiger partial charge in [0.2, 0.25) is 0 Å². The van der Waals surface area contributed by atoms with Crippen LogP contribution in [0.3, 0.4) is 0 Å². The first-order valence-electron chi connectivity index (χ1n) is 4.06. The first kappa shape index (κ1) is 13.4. The van der Waals surface area contributed by atoms with Crippen LogP contribution >= 0.6 is 12.0 Å². The van der Waals surface area contributed by atoms with Crippen molar-refractivity contribution < 1.29 is 27.6 Å². The topological polar surface area (TPSA) is 98.7 Å². The third-order valence-corrected chi connectivity index (χ3v) is 3.61. The molecule has 1 rings (SSSR count). The average Bonchev–Trinajstić information content (AvgIpc) is 2.17. The Morgan fingerprint density at radius 2 is 1.88 bits per heavy atom. The molecule has 0 aliphatic carbocycles. The Balaban J connectivity index is 3.17. The van der Waals surface area contributed by atoms with Crippen LogP contribution < -0.4 is 5.26 Å². The van der Waals surface area contributed by atoms with Crippen LogP contribution in [0.25, 0.3) is 0 Å². The second-order valence-electron chi connectivity index (χ2n) is 3.06. The molecule has 90 valence electrons. The molecule has 1 aromatic carbocycles. The fourth-order valence-electron chi connectivity index (χ4n) is 1.17. The van der Waals surface area contributed by atoms with Gasteiger partial charge in [0.05, 0.1) is 16.9 Å². The maximum Gasteiger partial charge on any atom is 0.124 e. The van der Waals surface area contributed by atoms with Gasteiger partial charge in [0.15, 0.2) is 0 Å². The van der Waals surface area contributed by atoms with Crippen LogP contribution in [0.1, 0.15) is 11.1 Å². The van der Waals surface area contributed by atoms with Gasteiger partial charge >= 0.3 is 0 Å². The first-order valence-corrected chi connectivity index (χ1v) is 6.21. The smallest absolute Gasteiger partial charge is 0.124 e. The maximum atomic E-state index is 10.9. The lowest BCUT2D eigenvalue weighted by Gasteiger charge is -2.14. The van der Waals surface area contributed by atoms with E-state index in [1.807, 2.05) is 0 Å². The monoisotopic (exact) mass is 264 g/mol. The Kier molecular flexibility index (Phi) is 4.30. The van der Waals surface area contributed by atoms with E-state index in [1.54, 1.807) is 6.92 Å². The molecule has 0 N–H and O–H groups in total. The van der Waals surface area contributed by atoms with Crippen molar-refractivity contribution in [3.63, 3.8) is 0 Å². The number of benzene rings is 1. The molecule has 0 fully saturated rings. The third kappa shape index (κ3) is 3.17. The SMILES string of the molecule is Cc1cc(S(=O)(=O)[O-])c(C)cc1SOO[O-]. The molecule has 0 unspecified atom stereocenters. The third-order valence-electron chi connectivity index (χ3n) is 1.89. The summed E-state index contributed by atoms with van der Waals surface area (Å²) in [5.41, 5.74) is 0.791. The normalized spacial score (nSPS) is 11.8. The Hall–Kier alpha value is -0.640. The zero-order chi connectivity index (χ0) is 12.3. The molecule has 0 radical (unpaired) electrons. The Labute approximate surface area is 97.0 Å². The lowest BCUT2D eigenvalue weighted by molar-refractivity contribution is -0.777. The highest BCUT2D eigenvalue weighted by Gasteiger charge is 2.10. The quantitative estimate of drug-likeness (QED) is 0.336. The summed E-state index contributed by atoms with van der Waals surface area (Å²) in [6, 6.07) is 2.66. The predicted octanol–water partition coefficient (Wildman–Crippen LogP) is 0.438. The number of hydrogen-bond acceptors (Lipinski definition) is 7. The second-order valence-corrected chi connectivity index (χ2v) is 5.15. The van der Waals surface area contributed by atoms with E-state index < -0.39 is 10.1 Å². The zero-order valence-corrected chi connectivity index (χ0v) is 10.1. The molecule has 0 bridgehead atoms. The highest BCUT2D eigenvalue weighted by Crippen LogP contribution is 2.28. The van der Waals surface area contributed by atoms with Gasteiger partial charge in [-0.05, 0) is 37.1 Å². The van der Waals surface area contributed by atoms with Gasteiger partial charge < -0.3 is 9.81 Å². The zero-order valence-electron chi connectivity index (χ0n) is 8.42. The minimum atomic E-state index is -4.49. The predicted molar refractivity (Wildman–Crippen MR) is 51.9 cm³/mol. The van der Waals surface area contributed by atoms with Crippen LogP contribution in [-0.4, -0.2) is 13.0 Å². The summed E-state index contributed by atoms with van der Waals surface area (Å²) in [5.74, 6) is 0. The first-order chi connectivity index (χ1) is 7.36. The maximum absolute atomic E-state index is 10.9. The number of aryl methyl sites for hydroxylation is 2. The standard InChI is InChI=1S/C8H10O6S2/c1-5-4-8(16(10,11)12)6(2)3-7(5)15-14-13-9/h3-4,9H,1-2H3,(H,10,11,12)/p-2. The van der Waals surface area contributed by atoms with Gasteiger partial charge in [0, 0.05) is 4.90 Å². The van der Waals surface area contributed by atoms with E-state index in [0.29, 0.717) is 22.5 Å². The van der Waals surface area contributed by atoms with Crippen molar-refractivity contribution in [1.82, 2.24) is 0 Å². The van der Waals surface area contributed by atoms with Crippen LogP contribution in [0.4, 0.5) is 0 Å². The molecule has 16 heavy (non-hydrogen) atoms. The fourth-order valence-corrected chi connectivity index (χ4v) is 2.46. The van der Waals surface area contributed by atoms with Gasteiger partial charge in [-0.25, -0.2) is 8.42 Å². The van der Waals surface area contributed by atoms with Crippen molar-refractivity contribution in [3.8, 4) is 0 Å². The molecule has 0 atom stereocenters. The van der Waals surface area contributed by atoms with Gasteiger partial charge in [0.1, 0.15) is 10.1 Å². The average molecular weight is 264 g/mol. The van der Waals surface area contributed by atoms with Gasteiger partial charge in [-0.1, -0.05) is 0 Å². The Bertz CT molecular complexity index is 482. The van der Waals surface area contributed by atoms with Gasteiger partial charge in [-0.2, -0.15) is 4.33 Å². The van der Waals surface area contributed by atoms with Crippen LogP contribution in [0.15, 0.2) is 21.9 Å². The van der Waals surface area contributed by atoms with Crippen LogP contribution in [0, 0.1) is 13.8 Å². The van der Waals surface area contributed by atoms with Gasteiger partial charge in [-0.3, -0.25) is 5.04 Å². The van der Waals surface area contributed by atoms with Crippen molar-refractivity contribution in [2.75, 3.05) is 0 Å². The lowest BCUT2D eigenvalue weighted by Crippen LogP contribution is -2.04. The van der Waals surface area contributed by atoms with E-state index in [0.717, 1.165) is 0 Å². The summed E-state index contributed by atoms with van der Waals surface area (Å²) in [5, 5.41) is 12.8. The largest absolute Gasteiger partial charge is 0.744 e. The van der Waals surface area contributed by atoms with Crippen molar-refractivity contribution in [2.45, 2.75) is 23.6 Å². The molecule has 0 amide bonds. The molecular formula is C8H8O6S2-2. The molecule has 0 aliphatic rings. The van der Waals surface area contributed by atoms with Crippen molar-refractivity contribution in [1.29, 1.82) is 0 Å². The number of rotatable bonds is 4. The van der Waals surface area contributed by atoms with E-state index in [9.17, 15) is 18.2 Å². The molecule has 8 heteroatoms. The molecule has 6 nitrogen and oxygen atoms in total. The highest BCUT2D eigenvalue weighted by molar-refractivity contribution is 7.94. The van der Waals surface area contributed by atoms with Crippen molar-refractivity contribution >= 4 is 22.2 Å². The summed E-state index contributed by atoms with van der Waals surface area (Å²) in [6.07, 6.45) is 0. The van der Waals surface area contributed by atoms with Crippen molar-refractivity contribution in [3.05, 3.63) is 23.3 Å². The van der Waals surface area contributed by atoms with Crippen LogP contribution in [-0.2, 0) is 19.5 Å². The highest BCUT2D eigenvalue weighted by atomic mass is 32.2. The Morgan fingerprint density at radius 1 is 1.25 bits per heavy atom. The second kappa shape index (κ2) is 5.13. The molecule has 1 aromatic rings. The molecule has 0 aromatic heterocycles. The molecule has 0 saturated heterocycles. The van der Waals surface area contributed by atoms with Gasteiger partial charge in [0.25, 0.3) is 0 Å². The molecule has 0 heterocycles. The summed E-state index contributed by atoms with van der Waals surface area (Å²) < 4.78 is 36.7. The lowest BCUT2D eigenvalue weighted by atomic mass is 10.2. The number of hydrogen-bond donors (Lipinski definition) is 0. The van der Waals surface area contributed by atoms with E-state index in [-0.39, 0.29) is 10.5 Å². The summed E-state index contributed by atoms with van der Waals surface area (Å²) >= 11 is 0.649. The van der Waals surface area contributed by atoms with Crippen LogP contribution in [0.5, 0.6) is 0 Å². The molecular weight excluding hydrogens is 256 g/mol. The van der Waals surface area contributed by atoms with Crippen molar-refractivity contribution in [2.24, 2.45) is 0 Å². The summed E-state index contributed by atoms with van der Waals surface area (Å²) in [6.45, 7) is 3.07. The fraction of sp³-hybridized carbons (Fsp3) is 0.250.